The fourth-order valence-corrected chi connectivity index (χ4v) is 3.61. The zero-order chi connectivity index (χ0) is 18.4. The summed E-state index contributed by atoms with van der Waals surface area (Å²) in [7, 11) is 0. The van der Waals surface area contributed by atoms with Crippen molar-refractivity contribution in [2.45, 2.75) is 46.2 Å². The highest BCUT2D eigenvalue weighted by molar-refractivity contribution is 5.78. The summed E-state index contributed by atoms with van der Waals surface area (Å²) < 4.78 is 0. The van der Waals surface area contributed by atoms with E-state index in [1.54, 1.807) is 0 Å². The van der Waals surface area contributed by atoms with Crippen LogP contribution in [0.15, 0.2) is 48.5 Å². The van der Waals surface area contributed by atoms with Crippen molar-refractivity contribution in [2.24, 2.45) is 5.92 Å². The topological polar surface area (TPSA) is 32.3 Å². The van der Waals surface area contributed by atoms with Gasteiger partial charge in [-0.3, -0.25) is 9.69 Å². The molecule has 3 nitrogen and oxygen atoms in total. The van der Waals surface area contributed by atoms with Crippen LogP contribution in [0, 0.1) is 12.8 Å². The molecule has 0 aromatic heterocycles. The van der Waals surface area contributed by atoms with Gasteiger partial charge in [-0.15, -0.1) is 0 Å². The Kier molecular flexibility index (Phi) is 6.45. The monoisotopic (exact) mass is 350 g/mol. The molecule has 1 N–H and O–H groups in total. The van der Waals surface area contributed by atoms with Crippen LogP contribution in [0.5, 0.6) is 0 Å². The number of carbonyl (C=O) groups is 1. The summed E-state index contributed by atoms with van der Waals surface area (Å²) >= 11 is 0. The van der Waals surface area contributed by atoms with E-state index >= 15 is 0 Å². The van der Waals surface area contributed by atoms with E-state index in [-0.39, 0.29) is 5.91 Å². The van der Waals surface area contributed by atoms with Crippen LogP contribution in [0.2, 0.25) is 0 Å². The Hall–Kier alpha value is -2.13. The van der Waals surface area contributed by atoms with Crippen molar-refractivity contribution in [3.8, 4) is 0 Å². The van der Waals surface area contributed by atoms with Crippen molar-refractivity contribution >= 4 is 5.91 Å². The molecule has 3 rings (SSSR count). The zero-order valence-corrected chi connectivity index (χ0v) is 16.0. The lowest BCUT2D eigenvalue weighted by Crippen LogP contribution is -2.33. The SMILES string of the molecule is Cc1ccc(CC(=O)NCc2ccc(CN3CCCC(C)C3)cc2)cc1. The van der Waals surface area contributed by atoms with Crippen LogP contribution in [0.25, 0.3) is 0 Å². The first kappa shape index (κ1) is 18.7. The number of amides is 1. The molecule has 1 atom stereocenters. The fraction of sp³-hybridized carbons (Fsp3) is 0.435. The van der Waals surface area contributed by atoms with Gasteiger partial charge in [0.2, 0.25) is 5.91 Å². The number of hydrogen-bond acceptors (Lipinski definition) is 2. The first-order chi connectivity index (χ1) is 12.6. The molecule has 1 aliphatic heterocycles. The molecule has 1 amide bonds. The third-order valence-corrected chi connectivity index (χ3v) is 5.15. The van der Waals surface area contributed by atoms with Crippen LogP contribution < -0.4 is 5.32 Å². The molecule has 138 valence electrons. The lowest BCUT2D eigenvalue weighted by Gasteiger charge is -2.30. The smallest absolute Gasteiger partial charge is 0.224 e. The predicted octanol–water partition coefficient (Wildman–Crippen LogP) is 4.09. The van der Waals surface area contributed by atoms with Crippen LogP contribution in [-0.2, 0) is 24.3 Å². The van der Waals surface area contributed by atoms with Gasteiger partial charge >= 0.3 is 0 Å². The van der Waals surface area contributed by atoms with Crippen LogP contribution in [0.4, 0.5) is 0 Å². The summed E-state index contributed by atoms with van der Waals surface area (Å²) in [6.07, 6.45) is 3.11. The Balaban J connectivity index is 1.45. The van der Waals surface area contributed by atoms with Crippen molar-refractivity contribution in [2.75, 3.05) is 13.1 Å². The zero-order valence-electron chi connectivity index (χ0n) is 16.0. The molecule has 26 heavy (non-hydrogen) atoms. The van der Waals surface area contributed by atoms with Gasteiger partial charge in [0.15, 0.2) is 0 Å². The van der Waals surface area contributed by atoms with Gasteiger partial charge in [-0.05, 0) is 48.9 Å². The first-order valence-corrected chi connectivity index (χ1v) is 9.71. The molecule has 1 saturated heterocycles. The van der Waals surface area contributed by atoms with Gasteiger partial charge in [-0.1, -0.05) is 61.0 Å². The number of carbonyl (C=O) groups excluding carboxylic acids is 1. The molecule has 1 unspecified atom stereocenters. The number of nitrogens with one attached hydrogen (secondary N) is 1. The largest absolute Gasteiger partial charge is 0.352 e. The fourth-order valence-electron chi connectivity index (χ4n) is 3.61. The second kappa shape index (κ2) is 9.00. The van der Waals surface area contributed by atoms with Gasteiger partial charge in [0, 0.05) is 19.6 Å². The maximum atomic E-state index is 12.1. The predicted molar refractivity (Wildman–Crippen MR) is 107 cm³/mol. The van der Waals surface area contributed by atoms with Crippen LogP contribution >= 0.6 is 0 Å². The van der Waals surface area contributed by atoms with E-state index in [4.69, 9.17) is 0 Å². The van der Waals surface area contributed by atoms with Crippen LogP contribution in [0.1, 0.15) is 42.0 Å². The Labute approximate surface area is 157 Å². The summed E-state index contributed by atoms with van der Waals surface area (Å²) in [4.78, 5) is 14.7. The second-order valence-corrected chi connectivity index (χ2v) is 7.74. The number of hydrogen-bond donors (Lipinski definition) is 1. The van der Waals surface area contributed by atoms with E-state index in [1.807, 2.05) is 24.3 Å². The molecular weight excluding hydrogens is 320 g/mol. The molecule has 0 bridgehead atoms. The van der Waals surface area contributed by atoms with Crippen LogP contribution in [0.3, 0.4) is 0 Å². The van der Waals surface area contributed by atoms with E-state index in [1.165, 1.54) is 37.1 Å². The molecule has 0 aliphatic carbocycles. The maximum absolute atomic E-state index is 12.1. The highest BCUT2D eigenvalue weighted by Gasteiger charge is 2.16. The number of benzene rings is 2. The van der Waals surface area contributed by atoms with Gasteiger partial charge in [0.1, 0.15) is 0 Å². The first-order valence-electron chi connectivity index (χ1n) is 9.71. The third-order valence-electron chi connectivity index (χ3n) is 5.15. The Morgan fingerprint density at radius 1 is 1.04 bits per heavy atom. The van der Waals surface area contributed by atoms with Crippen molar-refractivity contribution in [1.82, 2.24) is 10.2 Å². The number of rotatable bonds is 6. The van der Waals surface area contributed by atoms with Gasteiger partial charge in [0.05, 0.1) is 6.42 Å². The molecule has 2 aromatic carbocycles. The normalized spacial score (nSPS) is 17.8. The Morgan fingerprint density at radius 2 is 1.69 bits per heavy atom. The average molecular weight is 351 g/mol. The molecule has 0 radical (unpaired) electrons. The van der Waals surface area contributed by atoms with Gasteiger partial charge in [-0.2, -0.15) is 0 Å². The summed E-state index contributed by atoms with van der Waals surface area (Å²) in [6, 6.07) is 16.8. The Morgan fingerprint density at radius 3 is 2.38 bits per heavy atom. The van der Waals surface area contributed by atoms with Crippen molar-refractivity contribution in [1.29, 1.82) is 0 Å². The minimum atomic E-state index is 0.0697. The number of piperidine rings is 1. The molecule has 1 aliphatic rings. The van der Waals surface area contributed by atoms with Gasteiger partial charge < -0.3 is 5.32 Å². The molecule has 1 fully saturated rings. The lowest BCUT2D eigenvalue weighted by atomic mass is 9.99. The highest BCUT2D eigenvalue weighted by Crippen LogP contribution is 2.18. The van der Waals surface area contributed by atoms with Gasteiger partial charge in [0.25, 0.3) is 0 Å². The van der Waals surface area contributed by atoms with E-state index in [0.29, 0.717) is 13.0 Å². The standard InChI is InChI=1S/C23H30N2O/c1-18-5-7-20(8-6-18)14-23(26)24-15-21-9-11-22(12-10-21)17-25-13-3-4-19(2)16-25/h5-12,19H,3-4,13-17H2,1-2H3,(H,24,26). The maximum Gasteiger partial charge on any atom is 0.224 e. The summed E-state index contributed by atoms with van der Waals surface area (Å²) in [5.74, 6) is 0.881. The number of likely N-dealkylation sites (tertiary alicyclic amines) is 1. The minimum absolute atomic E-state index is 0.0697. The Bertz CT molecular complexity index is 706. The minimum Gasteiger partial charge on any atom is -0.352 e. The van der Waals surface area contributed by atoms with Gasteiger partial charge in [-0.25, -0.2) is 0 Å². The molecule has 0 saturated carbocycles. The molecule has 1 heterocycles. The lowest BCUT2D eigenvalue weighted by molar-refractivity contribution is -0.120. The molecule has 0 spiro atoms. The summed E-state index contributed by atoms with van der Waals surface area (Å²) in [6.45, 7) is 8.43. The molecular formula is C23H30N2O. The average Bonchev–Trinajstić information content (AvgIpc) is 2.63. The van der Waals surface area contributed by atoms with Crippen molar-refractivity contribution in [3.63, 3.8) is 0 Å². The van der Waals surface area contributed by atoms with E-state index in [0.717, 1.165) is 23.6 Å². The highest BCUT2D eigenvalue weighted by atomic mass is 16.1. The second-order valence-electron chi connectivity index (χ2n) is 7.74. The quantitative estimate of drug-likeness (QED) is 0.851. The van der Waals surface area contributed by atoms with Crippen molar-refractivity contribution < 1.29 is 4.79 Å². The van der Waals surface area contributed by atoms with E-state index in [2.05, 4.69) is 48.3 Å². The summed E-state index contributed by atoms with van der Waals surface area (Å²) in [5.41, 5.74) is 4.78. The van der Waals surface area contributed by atoms with Crippen molar-refractivity contribution in [3.05, 3.63) is 70.8 Å². The van der Waals surface area contributed by atoms with E-state index in [9.17, 15) is 4.79 Å². The molecule has 3 heteroatoms. The number of aryl methyl sites for hydroxylation is 1. The third kappa shape index (κ3) is 5.70. The van der Waals surface area contributed by atoms with E-state index < -0.39 is 0 Å². The summed E-state index contributed by atoms with van der Waals surface area (Å²) in [5, 5.41) is 3.02. The molecule has 2 aromatic rings. The number of nitrogens with zero attached hydrogens (tertiary/aromatic N) is 1. The van der Waals surface area contributed by atoms with Crippen LogP contribution in [-0.4, -0.2) is 23.9 Å².